The molecule has 0 fully saturated rings. The van der Waals surface area contributed by atoms with Crippen LogP contribution in [0.15, 0.2) is 24.4 Å². The zero-order chi connectivity index (χ0) is 16.6. The molecule has 9 nitrogen and oxygen atoms in total. The summed E-state index contributed by atoms with van der Waals surface area (Å²) in [7, 11) is 1.24. The lowest BCUT2D eigenvalue weighted by atomic mass is 10.2. The summed E-state index contributed by atoms with van der Waals surface area (Å²) in [5.74, 6) is -1.85. The third kappa shape index (κ3) is 2.52. The van der Waals surface area contributed by atoms with E-state index in [9.17, 15) is 9.59 Å². The summed E-state index contributed by atoms with van der Waals surface area (Å²) in [5, 5.41) is 17.3. The first-order valence-electron chi connectivity index (χ1n) is 6.79. The quantitative estimate of drug-likeness (QED) is 0.717. The maximum atomic E-state index is 12.0. The maximum Gasteiger partial charge on any atom is 0.356 e. The summed E-state index contributed by atoms with van der Waals surface area (Å²) >= 11 is 0. The molecule has 0 saturated heterocycles. The monoisotopic (exact) mass is 315 g/mol. The van der Waals surface area contributed by atoms with Crippen molar-refractivity contribution in [2.45, 2.75) is 13.5 Å². The number of carboxylic acids is 1. The average molecular weight is 315 g/mol. The number of carbonyl (C=O) groups is 2. The molecule has 0 aliphatic heterocycles. The van der Waals surface area contributed by atoms with Gasteiger partial charge in [-0.25, -0.2) is 19.1 Å². The van der Waals surface area contributed by atoms with E-state index >= 15 is 0 Å². The molecule has 0 radical (unpaired) electrons. The van der Waals surface area contributed by atoms with E-state index in [1.807, 2.05) is 6.92 Å². The summed E-state index contributed by atoms with van der Waals surface area (Å²) in [6, 6.07) is 4.52. The lowest BCUT2D eigenvalue weighted by molar-refractivity contribution is 0.0588. The number of rotatable bonds is 4. The predicted octanol–water partition coefficient (Wildman–Crippen LogP) is 1.10. The first-order valence-corrected chi connectivity index (χ1v) is 6.79. The topological polar surface area (TPSA) is 112 Å². The zero-order valence-electron chi connectivity index (χ0n) is 12.4. The highest BCUT2D eigenvalue weighted by molar-refractivity contribution is 5.91. The van der Waals surface area contributed by atoms with Crippen LogP contribution in [-0.4, -0.2) is 48.5 Å². The van der Waals surface area contributed by atoms with E-state index in [4.69, 9.17) is 9.84 Å². The van der Waals surface area contributed by atoms with Crippen LogP contribution in [-0.2, 0) is 11.3 Å². The van der Waals surface area contributed by atoms with Crippen molar-refractivity contribution in [2.75, 3.05) is 7.11 Å². The van der Waals surface area contributed by atoms with Gasteiger partial charge in [0.05, 0.1) is 12.8 Å². The fraction of sp³-hybridized carbons (Fsp3) is 0.214. The molecule has 9 heteroatoms. The van der Waals surface area contributed by atoms with E-state index in [1.165, 1.54) is 19.2 Å². The van der Waals surface area contributed by atoms with Gasteiger partial charge in [0.15, 0.2) is 17.0 Å². The van der Waals surface area contributed by atoms with Gasteiger partial charge in [-0.2, -0.15) is 10.2 Å². The van der Waals surface area contributed by atoms with Crippen LogP contribution in [0.5, 0.6) is 0 Å². The Balaban J connectivity index is 2.23. The maximum absolute atomic E-state index is 12.0. The van der Waals surface area contributed by atoms with Crippen LogP contribution in [0.4, 0.5) is 0 Å². The lowest BCUT2D eigenvalue weighted by Crippen LogP contribution is -2.11. The highest BCUT2D eigenvalue weighted by Gasteiger charge is 2.19. The standard InChI is InChI=1S/C14H13N5O4/c1-3-18-5-4-8(16-18)9-6-11(14(22)23-2)19-12(15-9)7-10(17-19)13(20)21/h4-7H,3H2,1-2H3,(H,20,21). The number of carboxylic acid groups (broad SMARTS) is 1. The molecule has 118 valence electrons. The minimum Gasteiger partial charge on any atom is -0.476 e. The zero-order valence-corrected chi connectivity index (χ0v) is 12.4. The van der Waals surface area contributed by atoms with Gasteiger partial charge in [0.2, 0.25) is 0 Å². The minimum absolute atomic E-state index is 0.0750. The number of esters is 1. The Morgan fingerprint density at radius 2 is 2.04 bits per heavy atom. The van der Waals surface area contributed by atoms with Crippen molar-refractivity contribution in [1.29, 1.82) is 0 Å². The molecular formula is C14H13N5O4. The van der Waals surface area contributed by atoms with E-state index in [0.717, 1.165) is 4.52 Å². The summed E-state index contributed by atoms with van der Waals surface area (Å²) in [4.78, 5) is 27.4. The van der Waals surface area contributed by atoms with Gasteiger partial charge in [0, 0.05) is 18.8 Å². The second kappa shape index (κ2) is 5.52. The largest absolute Gasteiger partial charge is 0.476 e. The SMILES string of the molecule is CCn1ccc(-c2cc(C(=O)OC)n3nc(C(=O)O)cc3n2)n1. The fourth-order valence-corrected chi connectivity index (χ4v) is 2.13. The smallest absolute Gasteiger partial charge is 0.356 e. The van der Waals surface area contributed by atoms with E-state index < -0.39 is 11.9 Å². The molecule has 1 N–H and O–H groups in total. The van der Waals surface area contributed by atoms with Crippen molar-refractivity contribution in [3.05, 3.63) is 35.8 Å². The van der Waals surface area contributed by atoms with Crippen molar-refractivity contribution in [3.8, 4) is 11.4 Å². The second-order valence-corrected chi connectivity index (χ2v) is 4.68. The first-order chi connectivity index (χ1) is 11.0. The Morgan fingerprint density at radius 3 is 2.65 bits per heavy atom. The molecule has 0 bridgehead atoms. The van der Waals surface area contributed by atoms with Crippen molar-refractivity contribution in [2.24, 2.45) is 0 Å². The van der Waals surface area contributed by atoms with Crippen LogP contribution in [0.25, 0.3) is 17.0 Å². The molecule has 0 saturated carbocycles. The highest BCUT2D eigenvalue weighted by Crippen LogP contribution is 2.19. The molecule has 0 amide bonds. The van der Waals surface area contributed by atoms with Crippen molar-refractivity contribution >= 4 is 17.6 Å². The number of ether oxygens (including phenoxy) is 1. The average Bonchev–Trinajstić information content (AvgIpc) is 3.19. The van der Waals surface area contributed by atoms with Crippen LogP contribution in [0.1, 0.15) is 27.9 Å². The van der Waals surface area contributed by atoms with Crippen LogP contribution in [0.2, 0.25) is 0 Å². The van der Waals surface area contributed by atoms with Gasteiger partial charge in [-0.3, -0.25) is 4.68 Å². The molecule has 0 spiro atoms. The third-order valence-corrected chi connectivity index (χ3v) is 3.27. The predicted molar refractivity (Wildman–Crippen MR) is 78.2 cm³/mol. The number of carbonyl (C=O) groups excluding carboxylic acids is 1. The molecule has 23 heavy (non-hydrogen) atoms. The van der Waals surface area contributed by atoms with Gasteiger partial charge in [-0.15, -0.1) is 0 Å². The van der Waals surface area contributed by atoms with Gasteiger partial charge >= 0.3 is 11.9 Å². The van der Waals surface area contributed by atoms with Crippen LogP contribution >= 0.6 is 0 Å². The van der Waals surface area contributed by atoms with Gasteiger partial charge in [0.25, 0.3) is 0 Å². The molecular weight excluding hydrogens is 302 g/mol. The number of aromatic nitrogens is 5. The van der Waals surface area contributed by atoms with Gasteiger partial charge in [0.1, 0.15) is 5.69 Å². The molecule has 3 aromatic rings. The molecule has 0 atom stereocenters. The van der Waals surface area contributed by atoms with E-state index in [2.05, 4.69) is 15.2 Å². The Bertz CT molecular complexity index is 911. The number of aromatic carboxylic acids is 1. The summed E-state index contributed by atoms with van der Waals surface area (Å²) < 4.78 is 7.60. The summed E-state index contributed by atoms with van der Waals surface area (Å²) in [6.45, 7) is 2.64. The molecule has 3 aromatic heterocycles. The third-order valence-electron chi connectivity index (χ3n) is 3.27. The van der Waals surface area contributed by atoms with Gasteiger partial charge < -0.3 is 9.84 Å². The Kier molecular flexibility index (Phi) is 3.53. The summed E-state index contributed by atoms with van der Waals surface area (Å²) in [5.41, 5.74) is 1.09. The molecule has 3 rings (SSSR count). The van der Waals surface area contributed by atoms with E-state index in [1.54, 1.807) is 16.9 Å². The van der Waals surface area contributed by atoms with E-state index in [0.29, 0.717) is 17.9 Å². The second-order valence-electron chi connectivity index (χ2n) is 4.68. The Labute approximate surface area is 130 Å². The number of fused-ring (bicyclic) bond motifs is 1. The molecule has 0 aliphatic carbocycles. The van der Waals surface area contributed by atoms with E-state index in [-0.39, 0.29) is 17.0 Å². The van der Waals surface area contributed by atoms with Crippen LogP contribution in [0, 0.1) is 0 Å². The number of hydrogen-bond acceptors (Lipinski definition) is 6. The van der Waals surface area contributed by atoms with Gasteiger partial charge in [-0.05, 0) is 19.1 Å². The Hall–Kier alpha value is -3.23. The number of methoxy groups -OCH3 is 1. The number of nitrogens with zero attached hydrogens (tertiary/aromatic N) is 5. The first kappa shape index (κ1) is 14.7. The molecule has 0 aliphatic rings. The molecule has 0 unspecified atom stereocenters. The molecule has 0 aromatic carbocycles. The van der Waals surface area contributed by atoms with Gasteiger partial charge in [-0.1, -0.05) is 0 Å². The highest BCUT2D eigenvalue weighted by atomic mass is 16.5. The fourth-order valence-electron chi connectivity index (χ4n) is 2.13. The van der Waals surface area contributed by atoms with Crippen molar-refractivity contribution < 1.29 is 19.4 Å². The van der Waals surface area contributed by atoms with Crippen molar-refractivity contribution in [1.82, 2.24) is 24.4 Å². The van der Waals surface area contributed by atoms with Crippen LogP contribution in [0.3, 0.4) is 0 Å². The normalized spacial score (nSPS) is 10.9. The molecule has 3 heterocycles. The number of aryl methyl sites for hydroxylation is 1. The van der Waals surface area contributed by atoms with Crippen LogP contribution < -0.4 is 0 Å². The van der Waals surface area contributed by atoms with Crippen molar-refractivity contribution in [3.63, 3.8) is 0 Å². The Morgan fingerprint density at radius 1 is 1.26 bits per heavy atom. The minimum atomic E-state index is -1.21. The lowest BCUT2D eigenvalue weighted by Gasteiger charge is -2.05. The number of hydrogen-bond donors (Lipinski definition) is 1. The summed E-state index contributed by atoms with van der Waals surface area (Å²) in [6.07, 6.45) is 1.79.